The number of halogens is 1. The Morgan fingerprint density at radius 1 is 1.28 bits per heavy atom. The van der Waals surface area contributed by atoms with E-state index in [0.29, 0.717) is 18.5 Å². The van der Waals surface area contributed by atoms with Crippen LogP contribution in [-0.2, 0) is 6.42 Å². The van der Waals surface area contributed by atoms with E-state index < -0.39 is 0 Å². The lowest BCUT2D eigenvalue weighted by Gasteiger charge is -2.15. The number of carbonyl (C=O) groups is 1. The third-order valence-electron chi connectivity index (χ3n) is 4.45. The summed E-state index contributed by atoms with van der Waals surface area (Å²) in [5, 5.41) is 15.1. The SMILES string of the molecule is O=C(NCC(CO)Cc1ccccn1)NC1CC1c1ccccc1F. The van der Waals surface area contributed by atoms with Crippen LogP contribution in [0.4, 0.5) is 9.18 Å². The quantitative estimate of drug-likeness (QED) is 0.722. The molecule has 3 atom stereocenters. The number of hydrogen-bond donors (Lipinski definition) is 3. The Morgan fingerprint density at radius 2 is 2.08 bits per heavy atom. The highest BCUT2D eigenvalue weighted by atomic mass is 19.1. The maximum absolute atomic E-state index is 13.7. The fourth-order valence-electron chi connectivity index (χ4n) is 2.95. The normalized spacial score (nSPS) is 19.9. The molecule has 2 aromatic rings. The highest BCUT2D eigenvalue weighted by molar-refractivity contribution is 5.74. The van der Waals surface area contributed by atoms with Gasteiger partial charge < -0.3 is 15.7 Å². The second-order valence-corrected chi connectivity index (χ2v) is 6.40. The van der Waals surface area contributed by atoms with Crippen LogP contribution in [0.25, 0.3) is 0 Å². The van der Waals surface area contributed by atoms with Crippen LogP contribution in [0.2, 0.25) is 0 Å². The summed E-state index contributed by atoms with van der Waals surface area (Å²) >= 11 is 0. The second-order valence-electron chi connectivity index (χ2n) is 6.40. The van der Waals surface area contributed by atoms with E-state index >= 15 is 0 Å². The van der Waals surface area contributed by atoms with Crippen molar-refractivity contribution >= 4 is 6.03 Å². The Kier molecular flexibility index (Phi) is 5.60. The molecule has 0 aliphatic heterocycles. The maximum Gasteiger partial charge on any atom is 0.315 e. The minimum atomic E-state index is -0.289. The number of carbonyl (C=O) groups excluding carboxylic acids is 1. The van der Waals surface area contributed by atoms with Gasteiger partial charge in [0, 0.05) is 42.9 Å². The molecule has 1 aromatic carbocycles. The average molecular weight is 343 g/mol. The number of nitrogens with one attached hydrogen (secondary N) is 2. The molecule has 1 saturated carbocycles. The molecular formula is C19H22FN3O2. The second kappa shape index (κ2) is 8.07. The van der Waals surface area contributed by atoms with Crippen LogP contribution >= 0.6 is 0 Å². The van der Waals surface area contributed by atoms with E-state index in [1.807, 2.05) is 18.2 Å². The topological polar surface area (TPSA) is 74.2 Å². The van der Waals surface area contributed by atoms with Crippen LogP contribution in [0.1, 0.15) is 23.6 Å². The van der Waals surface area contributed by atoms with Crippen molar-refractivity contribution in [1.29, 1.82) is 0 Å². The first-order chi connectivity index (χ1) is 12.2. The fourth-order valence-corrected chi connectivity index (χ4v) is 2.95. The van der Waals surface area contributed by atoms with E-state index in [9.17, 15) is 14.3 Å². The fraction of sp³-hybridized carbons (Fsp3) is 0.368. The number of pyridine rings is 1. The van der Waals surface area contributed by atoms with Crippen molar-refractivity contribution in [1.82, 2.24) is 15.6 Å². The molecule has 1 aromatic heterocycles. The van der Waals surface area contributed by atoms with Gasteiger partial charge in [-0.25, -0.2) is 9.18 Å². The Hall–Kier alpha value is -2.47. The van der Waals surface area contributed by atoms with Crippen LogP contribution in [0, 0.1) is 11.7 Å². The summed E-state index contributed by atoms with van der Waals surface area (Å²) in [5.41, 5.74) is 1.53. The monoisotopic (exact) mass is 343 g/mol. The van der Waals surface area contributed by atoms with E-state index in [4.69, 9.17) is 0 Å². The summed E-state index contributed by atoms with van der Waals surface area (Å²) in [6.45, 7) is 0.328. The molecule has 3 rings (SSSR count). The summed E-state index contributed by atoms with van der Waals surface area (Å²) in [7, 11) is 0. The van der Waals surface area contributed by atoms with E-state index in [1.165, 1.54) is 6.07 Å². The molecule has 0 bridgehead atoms. The summed E-state index contributed by atoms with van der Waals surface area (Å²) in [5.74, 6) is -0.288. The van der Waals surface area contributed by atoms with Gasteiger partial charge in [-0.15, -0.1) is 0 Å². The van der Waals surface area contributed by atoms with E-state index in [1.54, 1.807) is 24.4 Å². The first kappa shape index (κ1) is 17.4. The molecule has 132 valence electrons. The first-order valence-electron chi connectivity index (χ1n) is 8.47. The number of rotatable bonds is 7. The number of urea groups is 1. The van der Waals surface area contributed by atoms with Gasteiger partial charge in [-0.1, -0.05) is 24.3 Å². The predicted molar refractivity (Wildman–Crippen MR) is 92.6 cm³/mol. The van der Waals surface area contributed by atoms with Gasteiger partial charge in [0.25, 0.3) is 0 Å². The predicted octanol–water partition coefficient (Wildman–Crippen LogP) is 2.23. The van der Waals surface area contributed by atoms with Crippen LogP contribution in [0.3, 0.4) is 0 Å². The number of aromatic nitrogens is 1. The Balaban J connectivity index is 1.43. The lowest BCUT2D eigenvalue weighted by Crippen LogP contribution is -2.40. The van der Waals surface area contributed by atoms with Crippen molar-refractivity contribution < 1.29 is 14.3 Å². The summed E-state index contributed by atoms with van der Waals surface area (Å²) in [6, 6.07) is 12.0. The summed E-state index contributed by atoms with van der Waals surface area (Å²) < 4.78 is 13.7. The lowest BCUT2D eigenvalue weighted by atomic mass is 10.0. The Morgan fingerprint density at radius 3 is 2.80 bits per heavy atom. The van der Waals surface area contributed by atoms with Gasteiger partial charge in [-0.2, -0.15) is 0 Å². The minimum Gasteiger partial charge on any atom is -0.396 e. The number of hydrogen-bond acceptors (Lipinski definition) is 3. The van der Waals surface area contributed by atoms with Gasteiger partial charge >= 0.3 is 6.03 Å². The molecule has 1 aliphatic rings. The molecule has 1 aliphatic carbocycles. The molecule has 1 fully saturated rings. The lowest BCUT2D eigenvalue weighted by molar-refractivity contribution is 0.213. The summed E-state index contributed by atoms with van der Waals surface area (Å²) in [4.78, 5) is 16.2. The molecule has 0 spiro atoms. The van der Waals surface area contributed by atoms with E-state index in [2.05, 4.69) is 15.6 Å². The molecule has 2 amide bonds. The molecular weight excluding hydrogens is 321 g/mol. The molecule has 0 radical (unpaired) electrons. The standard InChI is InChI=1S/C19H22FN3O2/c20-17-7-2-1-6-15(17)16-10-18(16)23-19(25)22-11-13(12-24)9-14-5-3-4-8-21-14/h1-8,13,16,18,24H,9-12H2,(H2,22,23,25). The van der Waals surface area contributed by atoms with Gasteiger partial charge in [0.1, 0.15) is 5.82 Å². The average Bonchev–Trinajstić information content (AvgIpc) is 3.38. The number of benzene rings is 1. The van der Waals surface area contributed by atoms with Gasteiger partial charge in [-0.05, 0) is 36.6 Å². The van der Waals surface area contributed by atoms with Crippen molar-refractivity contribution in [2.24, 2.45) is 5.92 Å². The van der Waals surface area contributed by atoms with Crippen molar-refractivity contribution in [3.63, 3.8) is 0 Å². The van der Waals surface area contributed by atoms with E-state index in [0.717, 1.165) is 12.1 Å². The van der Waals surface area contributed by atoms with Crippen LogP contribution in [-0.4, -0.2) is 35.3 Å². The third kappa shape index (κ3) is 4.76. The van der Waals surface area contributed by atoms with E-state index in [-0.39, 0.29) is 36.3 Å². The highest BCUT2D eigenvalue weighted by Crippen LogP contribution is 2.41. The van der Waals surface area contributed by atoms with Crippen LogP contribution in [0.5, 0.6) is 0 Å². The molecule has 25 heavy (non-hydrogen) atoms. The molecule has 3 N–H and O–H groups in total. The van der Waals surface area contributed by atoms with Crippen LogP contribution < -0.4 is 10.6 Å². The largest absolute Gasteiger partial charge is 0.396 e. The maximum atomic E-state index is 13.7. The Bertz CT molecular complexity index is 711. The highest BCUT2D eigenvalue weighted by Gasteiger charge is 2.40. The zero-order valence-electron chi connectivity index (χ0n) is 13.9. The van der Waals surface area contributed by atoms with Crippen molar-refractivity contribution in [2.75, 3.05) is 13.2 Å². The van der Waals surface area contributed by atoms with Gasteiger partial charge in [0.2, 0.25) is 0 Å². The number of amides is 2. The van der Waals surface area contributed by atoms with Gasteiger partial charge in [0.15, 0.2) is 0 Å². The smallest absolute Gasteiger partial charge is 0.315 e. The molecule has 3 unspecified atom stereocenters. The molecule has 1 heterocycles. The number of aliphatic hydroxyl groups is 1. The molecule has 0 saturated heterocycles. The molecule has 5 nitrogen and oxygen atoms in total. The zero-order chi connectivity index (χ0) is 17.6. The zero-order valence-corrected chi connectivity index (χ0v) is 13.9. The van der Waals surface area contributed by atoms with Crippen molar-refractivity contribution in [3.05, 3.63) is 65.7 Å². The van der Waals surface area contributed by atoms with Crippen molar-refractivity contribution in [3.8, 4) is 0 Å². The third-order valence-corrected chi connectivity index (χ3v) is 4.45. The minimum absolute atomic E-state index is 0.0296. The molecule has 6 heteroatoms. The number of nitrogens with zero attached hydrogens (tertiary/aromatic N) is 1. The first-order valence-corrected chi connectivity index (χ1v) is 8.47. The number of aliphatic hydroxyl groups excluding tert-OH is 1. The Labute approximate surface area is 146 Å². The van der Waals surface area contributed by atoms with Gasteiger partial charge in [0.05, 0.1) is 0 Å². The van der Waals surface area contributed by atoms with Crippen molar-refractivity contribution in [2.45, 2.75) is 24.8 Å². The van der Waals surface area contributed by atoms with Gasteiger partial charge in [-0.3, -0.25) is 4.98 Å². The van der Waals surface area contributed by atoms with Crippen LogP contribution in [0.15, 0.2) is 48.7 Å². The summed E-state index contributed by atoms with van der Waals surface area (Å²) in [6.07, 6.45) is 3.05.